The summed E-state index contributed by atoms with van der Waals surface area (Å²) in [6, 6.07) is 2.66. The lowest BCUT2D eigenvalue weighted by Gasteiger charge is -2.19. The van der Waals surface area contributed by atoms with Crippen molar-refractivity contribution in [3.63, 3.8) is 0 Å². The van der Waals surface area contributed by atoms with Crippen LogP contribution in [-0.4, -0.2) is 17.3 Å². The van der Waals surface area contributed by atoms with Gasteiger partial charge in [0, 0.05) is 6.42 Å². The summed E-state index contributed by atoms with van der Waals surface area (Å²) in [5.74, 6) is -0.614. The van der Waals surface area contributed by atoms with Gasteiger partial charge in [0.1, 0.15) is 11.9 Å². The molecule has 0 heterocycles. The average molecular weight is 274 g/mol. The minimum atomic E-state index is -4.56. The Bertz CT molecular complexity index is 358. The predicted molar refractivity (Wildman–Crippen MR) is 57.3 cm³/mol. The van der Waals surface area contributed by atoms with E-state index in [-0.39, 0.29) is 18.0 Å². The molecule has 0 spiro atoms. The molecule has 0 unspecified atom stereocenters. The van der Waals surface area contributed by atoms with E-state index in [9.17, 15) is 22.7 Å². The standard InChI is InChI=1S/C10H11F4NO.ClH/c11-7-3-1-2-6(4-7)8(16)5-9(15)10(12,13)14;/h1-4,8-9,16H,5,15H2;1H/t8-,9-;/m1./s1. The van der Waals surface area contributed by atoms with E-state index in [1.54, 1.807) is 0 Å². The van der Waals surface area contributed by atoms with E-state index in [0.29, 0.717) is 0 Å². The fourth-order valence-electron chi connectivity index (χ4n) is 1.22. The molecular formula is C10H12ClF4NO. The third-order valence-electron chi connectivity index (χ3n) is 2.13. The second-order valence-electron chi connectivity index (χ2n) is 3.45. The first kappa shape index (κ1) is 16.1. The van der Waals surface area contributed by atoms with Crippen LogP contribution < -0.4 is 5.73 Å². The van der Waals surface area contributed by atoms with Crippen molar-refractivity contribution in [3.8, 4) is 0 Å². The molecule has 0 amide bonds. The van der Waals surface area contributed by atoms with Gasteiger partial charge in [-0.25, -0.2) is 4.39 Å². The Hall–Kier alpha value is -0.850. The Morgan fingerprint density at radius 1 is 1.29 bits per heavy atom. The summed E-state index contributed by atoms with van der Waals surface area (Å²) in [6.45, 7) is 0. The van der Waals surface area contributed by atoms with Crippen molar-refractivity contribution >= 4 is 12.4 Å². The zero-order valence-electron chi connectivity index (χ0n) is 8.62. The van der Waals surface area contributed by atoms with E-state index in [1.807, 2.05) is 0 Å². The van der Waals surface area contributed by atoms with Crippen molar-refractivity contribution in [2.75, 3.05) is 0 Å². The predicted octanol–water partition coefficient (Wildman–Crippen LogP) is 2.56. The van der Waals surface area contributed by atoms with Gasteiger partial charge >= 0.3 is 6.18 Å². The average Bonchev–Trinajstić information content (AvgIpc) is 2.16. The molecule has 1 aromatic rings. The van der Waals surface area contributed by atoms with E-state index < -0.39 is 30.6 Å². The largest absolute Gasteiger partial charge is 0.403 e. The Morgan fingerprint density at radius 3 is 2.35 bits per heavy atom. The van der Waals surface area contributed by atoms with E-state index in [0.717, 1.165) is 12.1 Å². The minimum Gasteiger partial charge on any atom is -0.388 e. The van der Waals surface area contributed by atoms with Crippen LogP contribution in [0.1, 0.15) is 18.1 Å². The summed E-state index contributed by atoms with van der Waals surface area (Å²) in [5, 5.41) is 9.43. The molecule has 0 aliphatic carbocycles. The quantitative estimate of drug-likeness (QED) is 0.832. The van der Waals surface area contributed by atoms with Gasteiger partial charge < -0.3 is 10.8 Å². The fourth-order valence-corrected chi connectivity index (χ4v) is 1.22. The molecule has 17 heavy (non-hydrogen) atoms. The SMILES string of the molecule is Cl.N[C@H](C[C@@H](O)c1cccc(F)c1)C(F)(F)F. The minimum absolute atomic E-state index is 0. The van der Waals surface area contributed by atoms with Gasteiger partial charge in [0.2, 0.25) is 0 Å². The van der Waals surface area contributed by atoms with E-state index in [4.69, 9.17) is 5.73 Å². The van der Waals surface area contributed by atoms with Gasteiger partial charge in [0.05, 0.1) is 6.10 Å². The van der Waals surface area contributed by atoms with Crippen LogP contribution in [0.25, 0.3) is 0 Å². The van der Waals surface area contributed by atoms with Crippen LogP contribution in [0.4, 0.5) is 17.6 Å². The number of aliphatic hydroxyl groups excluding tert-OH is 1. The molecule has 98 valence electrons. The second-order valence-corrected chi connectivity index (χ2v) is 3.45. The zero-order valence-corrected chi connectivity index (χ0v) is 9.43. The number of rotatable bonds is 3. The van der Waals surface area contributed by atoms with E-state index >= 15 is 0 Å². The Morgan fingerprint density at radius 2 is 1.88 bits per heavy atom. The molecule has 0 saturated heterocycles. The monoisotopic (exact) mass is 273 g/mol. The Kier molecular flexibility index (Phi) is 5.87. The van der Waals surface area contributed by atoms with Gasteiger partial charge in [-0.3, -0.25) is 0 Å². The lowest BCUT2D eigenvalue weighted by Crippen LogP contribution is -2.38. The third kappa shape index (κ3) is 4.89. The number of halogens is 5. The third-order valence-corrected chi connectivity index (χ3v) is 2.13. The number of hydrogen-bond acceptors (Lipinski definition) is 2. The molecule has 2 nitrogen and oxygen atoms in total. The van der Waals surface area contributed by atoms with Gasteiger partial charge in [-0.15, -0.1) is 12.4 Å². The topological polar surface area (TPSA) is 46.2 Å². The molecule has 0 bridgehead atoms. The molecule has 1 aromatic carbocycles. The number of benzene rings is 1. The maximum absolute atomic E-state index is 12.7. The molecule has 0 aromatic heterocycles. The smallest absolute Gasteiger partial charge is 0.388 e. The molecule has 0 radical (unpaired) electrons. The number of alkyl halides is 3. The van der Waals surface area contributed by atoms with Crippen LogP contribution in [0.15, 0.2) is 24.3 Å². The molecule has 1 rings (SSSR count). The van der Waals surface area contributed by atoms with Crippen LogP contribution in [-0.2, 0) is 0 Å². The van der Waals surface area contributed by atoms with Crippen molar-refractivity contribution in [1.82, 2.24) is 0 Å². The van der Waals surface area contributed by atoms with Crippen molar-refractivity contribution in [3.05, 3.63) is 35.6 Å². The van der Waals surface area contributed by atoms with Crippen molar-refractivity contribution < 1.29 is 22.7 Å². The van der Waals surface area contributed by atoms with Crippen LogP contribution in [0.2, 0.25) is 0 Å². The van der Waals surface area contributed by atoms with Crippen LogP contribution in [0.5, 0.6) is 0 Å². The summed E-state index contributed by atoms with van der Waals surface area (Å²) in [7, 11) is 0. The highest BCUT2D eigenvalue weighted by molar-refractivity contribution is 5.85. The molecule has 0 aliphatic heterocycles. The van der Waals surface area contributed by atoms with Crippen molar-refractivity contribution in [2.24, 2.45) is 5.73 Å². The summed E-state index contributed by atoms with van der Waals surface area (Å²) in [6.07, 6.45) is -6.67. The van der Waals surface area contributed by atoms with E-state index in [1.165, 1.54) is 12.1 Å². The fraction of sp³-hybridized carbons (Fsp3) is 0.400. The van der Waals surface area contributed by atoms with Crippen molar-refractivity contribution in [1.29, 1.82) is 0 Å². The summed E-state index contributed by atoms with van der Waals surface area (Å²) < 4.78 is 49.0. The molecule has 0 aliphatic rings. The zero-order chi connectivity index (χ0) is 12.3. The molecule has 3 N–H and O–H groups in total. The van der Waals surface area contributed by atoms with Gasteiger partial charge in [-0.2, -0.15) is 13.2 Å². The van der Waals surface area contributed by atoms with E-state index in [2.05, 4.69) is 0 Å². The van der Waals surface area contributed by atoms with Crippen LogP contribution in [0.3, 0.4) is 0 Å². The summed E-state index contributed by atoms with van der Waals surface area (Å²) in [5.41, 5.74) is 4.93. The second kappa shape index (κ2) is 6.18. The van der Waals surface area contributed by atoms with Gasteiger partial charge in [0.15, 0.2) is 0 Å². The van der Waals surface area contributed by atoms with Crippen LogP contribution >= 0.6 is 12.4 Å². The highest BCUT2D eigenvalue weighted by Gasteiger charge is 2.37. The first-order valence-electron chi connectivity index (χ1n) is 4.56. The number of hydrogen-bond donors (Lipinski definition) is 2. The first-order valence-corrected chi connectivity index (χ1v) is 4.56. The summed E-state index contributed by atoms with van der Waals surface area (Å²) in [4.78, 5) is 0. The Balaban J connectivity index is 0.00000256. The normalized spacial score (nSPS) is 14.9. The molecule has 7 heteroatoms. The van der Waals surface area contributed by atoms with Gasteiger partial charge in [-0.1, -0.05) is 12.1 Å². The summed E-state index contributed by atoms with van der Waals surface area (Å²) >= 11 is 0. The Labute approximate surface area is 102 Å². The lowest BCUT2D eigenvalue weighted by atomic mass is 10.0. The van der Waals surface area contributed by atoms with Crippen molar-refractivity contribution in [2.45, 2.75) is 24.7 Å². The maximum Gasteiger partial charge on any atom is 0.403 e. The lowest BCUT2D eigenvalue weighted by molar-refractivity contribution is -0.153. The highest BCUT2D eigenvalue weighted by Crippen LogP contribution is 2.26. The molecular weight excluding hydrogens is 262 g/mol. The first-order chi connectivity index (χ1) is 7.30. The maximum atomic E-state index is 12.7. The molecule has 0 saturated carbocycles. The van der Waals surface area contributed by atoms with Crippen LogP contribution in [0, 0.1) is 5.82 Å². The number of aliphatic hydroxyl groups is 1. The highest BCUT2D eigenvalue weighted by atomic mass is 35.5. The molecule has 2 atom stereocenters. The number of nitrogens with two attached hydrogens (primary N) is 1. The van der Waals surface area contributed by atoms with Gasteiger partial charge in [0.25, 0.3) is 0 Å². The van der Waals surface area contributed by atoms with Gasteiger partial charge in [-0.05, 0) is 17.7 Å². The molecule has 0 fully saturated rings.